The molecule has 0 aliphatic rings. The molecule has 0 bridgehead atoms. The average Bonchev–Trinajstić information content (AvgIpc) is 3.42. The highest BCUT2D eigenvalue weighted by atomic mass is 35.5. The van der Waals surface area contributed by atoms with E-state index < -0.39 is 47.0 Å². The molecular weight excluding hydrogens is 689 g/mol. The molecule has 0 saturated carbocycles. The Bertz CT molecular complexity index is 1840. The number of nitriles is 1. The molecule has 0 saturated heterocycles. The molecule has 1 unspecified atom stereocenters. The lowest BCUT2D eigenvalue weighted by molar-refractivity contribution is -0.696. The zero-order valence-electron chi connectivity index (χ0n) is 21.8. The number of aryl methyl sites for hydroxylation is 1. The molecule has 0 amide bonds. The number of hydrogen-bond acceptors (Lipinski definition) is 8. The van der Waals surface area contributed by atoms with Crippen LogP contribution in [0.3, 0.4) is 0 Å². The smallest absolute Gasteiger partial charge is 0.417 e. The van der Waals surface area contributed by atoms with Crippen LogP contribution in [0.2, 0.25) is 10.0 Å². The normalized spacial score (nSPS) is 13.5. The van der Waals surface area contributed by atoms with Crippen molar-refractivity contribution in [1.29, 1.82) is 5.26 Å². The topological polar surface area (TPSA) is 123 Å². The summed E-state index contributed by atoms with van der Waals surface area (Å²) in [4.78, 5) is 12.4. The van der Waals surface area contributed by atoms with Crippen LogP contribution in [-0.4, -0.2) is 20.5 Å². The third kappa shape index (κ3) is 8.65. The number of rotatable bonds is 12. The molecule has 4 rings (SSSR count). The first-order valence-corrected chi connectivity index (χ1v) is 18.2. The summed E-state index contributed by atoms with van der Waals surface area (Å²) in [5.41, 5.74) is -1.41. The SMILES string of the molecule is N#Cc1ccc(OP(=O)([O-])CNS(=O)(=O)c2cc3c(Cl)c(CSCCC[n+]4ccccc4)cc(Cl)c3s2)cc1C(F)(F)F. The Morgan fingerprint density at radius 1 is 1.16 bits per heavy atom. The molecule has 1 N–H and O–H groups in total. The molecule has 228 valence electrons. The van der Waals surface area contributed by atoms with Crippen LogP contribution in [-0.2, 0) is 33.1 Å². The van der Waals surface area contributed by atoms with Gasteiger partial charge in [-0.1, -0.05) is 29.3 Å². The van der Waals surface area contributed by atoms with Gasteiger partial charge in [-0.05, 0) is 41.6 Å². The quantitative estimate of drug-likeness (QED) is 0.100. The van der Waals surface area contributed by atoms with Gasteiger partial charge in [0, 0.05) is 29.7 Å². The van der Waals surface area contributed by atoms with Crippen LogP contribution >= 0.6 is 53.9 Å². The van der Waals surface area contributed by atoms with Crippen molar-refractivity contribution < 1.29 is 40.1 Å². The average molecular weight is 711 g/mol. The second kappa shape index (κ2) is 13.7. The number of sulfonamides is 1. The Morgan fingerprint density at radius 2 is 1.88 bits per heavy atom. The van der Waals surface area contributed by atoms with E-state index in [1.807, 2.05) is 35.3 Å². The summed E-state index contributed by atoms with van der Waals surface area (Å²) in [6.07, 6.45) is -1.31. The third-order valence-corrected chi connectivity index (χ3v) is 12.1. The predicted molar refractivity (Wildman–Crippen MR) is 159 cm³/mol. The molecular formula is C26H21Cl2F3N3O5PS3. The lowest BCUT2D eigenvalue weighted by Gasteiger charge is -2.24. The van der Waals surface area contributed by atoms with E-state index in [9.17, 15) is 31.0 Å². The van der Waals surface area contributed by atoms with E-state index in [-0.39, 0.29) is 9.23 Å². The van der Waals surface area contributed by atoms with E-state index in [0.717, 1.165) is 42.2 Å². The van der Waals surface area contributed by atoms with Gasteiger partial charge in [-0.25, -0.2) is 17.7 Å². The minimum Gasteiger partial charge on any atom is -0.768 e. The van der Waals surface area contributed by atoms with E-state index in [1.165, 1.54) is 12.1 Å². The van der Waals surface area contributed by atoms with Gasteiger partial charge in [-0.3, -0.25) is 4.57 Å². The molecule has 0 aliphatic carbocycles. The second-order valence-electron chi connectivity index (χ2n) is 8.98. The van der Waals surface area contributed by atoms with Gasteiger partial charge in [-0.2, -0.15) is 30.2 Å². The number of fused-ring (bicyclic) bond motifs is 1. The first-order valence-electron chi connectivity index (χ1n) is 12.2. The van der Waals surface area contributed by atoms with Crippen LogP contribution in [0, 0.1) is 11.3 Å². The highest BCUT2D eigenvalue weighted by molar-refractivity contribution is 7.98. The van der Waals surface area contributed by atoms with Gasteiger partial charge in [0.2, 0.25) is 0 Å². The molecule has 8 nitrogen and oxygen atoms in total. The molecule has 17 heteroatoms. The molecule has 43 heavy (non-hydrogen) atoms. The number of aromatic nitrogens is 1. The van der Waals surface area contributed by atoms with Crippen molar-refractivity contribution >= 4 is 74.0 Å². The van der Waals surface area contributed by atoms with E-state index in [2.05, 4.69) is 9.09 Å². The maximum atomic E-state index is 13.2. The third-order valence-electron chi connectivity index (χ3n) is 5.86. The minimum atomic E-state index is -5.07. The number of alkyl halides is 3. The molecule has 0 radical (unpaired) electrons. The number of hydrogen-bond donors (Lipinski definition) is 1. The van der Waals surface area contributed by atoms with Crippen LogP contribution in [0.25, 0.3) is 10.1 Å². The lowest BCUT2D eigenvalue weighted by Crippen LogP contribution is -2.32. The Labute approximate surface area is 263 Å². The fourth-order valence-electron chi connectivity index (χ4n) is 3.86. The number of nitrogens with one attached hydrogen (secondary N) is 1. The number of thiophene rings is 1. The van der Waals surface area contributed by atoms with Crippen LogP contribution in [0.15, 0.2) is 65.1 Å². The van der Waals surface area contributed by atoms with Crippen molar-refractivity contribution in [2.45, 2.75) is 29.1 Å². The largest absolute Gasteiger partial charge is 0.768 e. The van der Waals surface area contributed by atoms with Gasteiger partial charge in [0.15, 0.2) is 20.0 Å². The number of pyridine rings is 1. The van der Waals surface area contributed by atoms with Gasteiger partial charge in [0.1, 0.15) is 16.5 Å². The summed E-state index contributed by atoms with van der Waals surface area (Å²) in [5, 5.41) is 9.86. The molecule has 2 aromatic heterocycles. The summed E-state index contributed by atoms with van der Waals surface area (Å²) in [6.45, 7) is 0.851. The molecule has 4 aromatic rings. The summed E-state index contributed by atoms with van der Waals surface area (Å²) in [7, 11) is -9.49. The van der Waals surface area contributed by atoms with E-state index in [0.29, 0.717) is 32.5 Å². The molecule has 0 fully saturated rings. The minimum absolute atomic E-state index is 0.270. The van der Waals surface area contributed by atoms with Gasteiger partial charge in [0.05, 0.1) is 38.2 Å². The second-order valence-corrected chi connectivity index (χ2v) is 15.6. The molecule has 2 heterocycles. The molecule has 1 atom stereocenters. The monoisotopic (exact) mass is 709 g/mol. The van der Waals surface area contributed by atoms with Gasteiger partial charge >= 0.3 is 6.18 Å². The zero-order chi connectivity index (χ0) is 31.4. The Morgan fingerprint density at radius 3 is 2.56 bits per heavy atom. The van der Waals surface area contributed by atoms with E-state index in [4.69, 9.17) is 28.5 Å². The summed E-state index contributed by atoms with van der Waals surface area (Å²) in [6, 6.07) is 12.1. The fraction of sp³-hybridized carbons (Fsp3) is 0.231. The molecule has 0 spiro atoms. The highest BCUT2D eigenvalue weighted by Crippen LogP contribution is 2.43. The zero-order valence-corrected chi connectivity index (χ0v) is 26.7. The van der Waals surface area contributed by atoms with Gasteiger partial charge in [0.25, 0.3) is 10.0 Å². The number of nitrogens with zero attached hydrogens (tertiary/aromatic N) is 2. The first-order chi connectivity index (χ1) is 20.2. The maximum absolute atomic E-state index is 13.2. The van der Waals surface area contributed by atoms with Gasteiger partial charge in [-0.15, -0.1) is 11.3 Å². The van der Waals surface area contributed by atoms with Crippen molar-refractivity contribution in [2.75, 3.05) is 12.0 Å². The summed E-state index contributed by atoms with van der Waals surface area (Å²) in [5.74, 6) is 0.651. The standard InChI is InChI=1S/C26H21Cl2F3N3O5PS3/c27-22-11-18(15-41-10-4-9-34-7-2-1-3-8-34)24(28)20-13-23(42-25(20)22)43(37,38)33-16-40(35,36)39-19-6-5-17(14-32)21(12-19)26(29,30)31/h1-3,5-8,11-13,33H,4,9-10,15-16H2. The van der Waals surface area contributed by atoms with E-state index >= 15 is 0 Å². The Kier molecular flexibility index (Phi) is 10.7. The summed E-state index contributed by atoms with van der Waals surface area (Å²) >= 11 is 15.5. The van der Waals surface area contributed by atoms with Gasteiger partial charge < -0.3 is 9.42 Å². The van der Waals surface area contributed by atoms with Crippen molar-refractivity contribution in [3.8, 4) is 11.8 Å². The number of halogens is 5. The van der Waals surface area contributed by atoms with Crippen molar-refractivity contribution in [3.63, 3.8) is 0 Å². The highest BCUT2D eigenvalue weighted by Gasteiger charge is 2.34. The fourth-order valence-corrected chi connectivity index (χ4v) is 9.43. The Hall–Kier alpha value is -2.34. The maximum Gasteiger partial charge on any atom is 0.417 e. The van der Waals surface area contributed by atoms with Crippen LogP contribution in [0.4, 0.5) is 13.2 Å². The molecule has 2 aromatic carbocycles. The number of benzene rings is 2. The lowest BCUT2D eigenvalue weighted by atomic mass is 10.1. The number of thioether (sulfide) groups is 1. The molecule has 0 aliphatic heterocycles. The van der Waals surface area contributed by atoms with Crippen LogP contribution < -0.4 is 18.7 Å². The van der Waals surface area contributed by atoms with Crippen LogP contribution in [0.5, 0.6) is 5.75 Å². The van der Waals surface area contributed by atoms with Crippen molar-refractivity contribution in [3.05, 3.63) is 87.7 Å². The first kappa shape index (κ1) is 33.6. The summed E-state index contributed by atoms with van der Waals surface area (Å²) < 4.78 is 86.7. The Balaban J connectivity index is 1.43. The van der Waals surface area contributed by atoms with E-state index in [1.54, 1.807) is 17.8 Å². The van der Waals surface area contributed by atoms with Crippen molar-refractivity contribution in [1.82, 2.24) is 4.72 Å². The van der Waals surface area contributed by atoms with Crippen molar-refractivity contribution in [2.24, 2.45) is 0 Å². The predicted octanol–water partition coefficient (Wildman–Crippen LogP) is 6.58. The van der Waals surface area contributed by atoms with Crippen LogP contribution in [0.1, 0.15) is 23.1 Å².